The number of benzene rings is 2. The topological polar surface area (TPSA) is 32.3 Å². The Balaban J connectivity index is 2.20. The molecule has 2 aromatic rings. The van der Waals surface area contributed by atoms with Crippen LogP contribution >= 0.6 is 0 Å². The number of rotatable bonds is 6. The Morgan fingerprint density at radius 3 is 2.00 bits per heavy atom. The van der Waals surface area contributed by atoms with Crippen LogP contribution in [0.2, 0.25) is 0 Å². The van der Waals surface area contributed by atoms with Gasteiger partial charge in [-0.3, -0.25) is 0 Å². The second-order valence-electron chi connectivity index (χ2n) is 6.46. The first kappa shape index (κ1) is 17.1. The minimum absolute atomic E-state index is 0.311. The van der Waals surface area contributed by atoms with Crippen LogP contribution in [-0.4, -0.2) is 11.7 Å². The number of hydrogen-bond donors (Lipinski definition) is 2. The maximum atomic E-state index is 10.2. The number of hydrogen-bond acceptors (Lipinski definition) is 2. The fraction of sp³-hybridized carbons (Fsp3) is 0.333. The van der Waals surface area contributed by atoms with Crippen LogP contribution in [0.1, 0.15) is 56.2 Å². The Hall–Kier alpha value is -2.22. The predicted molar refractivity (Wildman–Crippen MR) is 100 cm³/mol. The summed E-state index contributed by atoms with van der Waals surface area (Å²) in [5.74, 6) is 1.23. The van der Waals surface area contributed by atoms with Crippen molar-refractivity contribution in [3.8, 4) is 0 Å². The zero-order valence-electron chi connectivity index (χ0n) is 14.5. The van der Waals surface area contributed by atoms with Crippen molar-refractivity contribution in [1.82, 2.24) is 0 Å². The largest absolute Gasteiger partial charge is 0.508 e. The molecule has 0 aromatic heterocycles. The highest BCUT2D eigenvalue weighted by molar-refractivity contribution is 5.62. The van der Waals surface area contributed by atoms with E-state index in [4.69, 9.17) is 0 Å². The Labute approximate surface area is 139 Å². The van der Waals surface area contributed by atoms with Crippen LogP contribution in [0.15, 0.2) is 54.6 Å². The second-order valence-corrected chi connectivity index (χ2v) is 6.46. The maximum absolute atomic E-state index is 10.2. The van der Waals surface area contributed by atoms with Gasteiger partial charge < -0.3 is 10.4 Å². The van der Waals surface area contributed by atoms with Crippen LogP contribution < -0.4 is 5.32 Å². The van der Waals surface area contributed by atoms with E-state index in [-0.39, 0.29) is 0 Å². The van der Waals surface area contributed by atoms with Crippen molar-refractivity contribution in [3.63, 3.8) is 0 Å². The van der Waals surface area contributed by atoms with Crippen molar-refractivity contribution in [1.29, 1.82) is 0 Å². The van der Waals surface area contributed by atoms with E-state index >= 15 is 0 Å². The normalized spacial score (nSPS) is 12.0. The van der Waals surface area contributed by atoms with E-state index < -0.39 is 0 Å². The molecule has 0 atom stereocenters. The number of para-hydroxylation sites is 1. The summed E-state index contributed by atoms with van der Waals surface area (Å²) in [6.07, 6.45) is 1.83. The van der Waals surface area contributed by atoms with Crippen LogP contribution in [0.5, 0.6) is 0 Å². The summed E-state index contributed by atoms with van der Waals surface area (Å²) < 4.78 is 0. The lowest BCUT2D eigenvalue weighted by Crippen LogP contribution is -2.08. The summed E-state index contributed by atoms with van der Waals surface area (Å²) in [5, 5.41) is 13.7. The van der Waals surface area contributed by atoms with E-state index in [1.165, 1.54) is 16.8 Å². The summed E-state index contributed by atoms with van der Waals surface area (Å²) in [6, 6.07) is 16.1. The highest BCUT2D eigenvalue weighted by Gasteiger charge is 2.12. The second kappa shape index (κ2) is 7.87. The van der Waals surface area contributed by atoms with Gasteiger partial charge >= 0.3 is 0 Å². The summed E-state index contributed by atoms with van der Waals surface area (Å²) in [4.78, 5) is 0. The fourth-order valence-corrected chi connectivity index (χ4v) is 2.73. The average Bonchev–Trinajstić information content (AvgIpc) is 2.55. The minimum atomic E-state index is 0.311. The third kappa shape index (κ3) is 4.38. The highest BCUT2D eigenvalue weighted by atomic mass is 16.3. The first-order chi connectivity index (χ1) is 11.0. The number of aliphatic hydroxyl groups excluding tert-OH is 1. The molecule has 122 valence electrons. The van der Waals surface area contributed by atoms with Gasteiger partial charge in [-0.25, -0.2) is 0 Å². The first-order valence-electron chi connectivity index (χ1n) is 8.32. The quantitative estimate of drug-likeness (QED) is 0.647. The molecule has 0 unspecified atom stereocenters. The standard InChI is InChI=1S/C21H27NO/c1-15(2)18-11-8-12-19(16(3)4)21(18)22-14-13-20(23)17-9-6-5-7-10-17/h5-13,15-16,22-23H,14H2,1-4H3/b20-13-. The van der Waals surface area contributed by atoms with Gasteiger partial charge in [0.05, 0.1) is 0 Å². The molecule has 2 nitrogen and oxygen atoms in total. The molecule has 0 radical (unpaired) electrons. The Kier molecular flexibility index (Phi) is 5.86. The van der Waals surface area contributed by atoms with Crippen LogP contribution in [-0.2, 0) is 0 Å². The molecule has 23 heavy (non-hydrogen) atoms. The van der Waals surface area contributed by atoms with Crippen molar-refractivity contribution in [2.24, 2.45) is 0 Å². The minimum Gasteiger partial charge on any atom is -0.508 e. The maximum Gasteiger partial charge on any atom is 0.120 e. The molecule has 0 amide bonds. The molecular weight excluding hydrogens is 282 g/mol. The van der Waals surface area contributed by atoms with Gasteiger partial charge in [-0.2, -0.15) is 0 Å². The average molecular weight is 309 g/mol. The molecule has 2 aromatic carbocycles. The lowest BCUT2D eigenvalue weighted by Gasteiger charge is -2.20. The third-order valence-corrected chi connectivity index (χ3v) is 4.02. The van der Waals surface area contributed by atoms with Crippen LogP contribution in [0.3, 0.4) is 0 Å². The van der Waals surface area contributed by atoms with Crippen LogP contribution in [0.25, 0.3) is 5.76 Å². The van der Waals surface area contributed by atoms with Gasteiger partial charge in [0.15, 0.2) is 0 Å². The molecule has 2 N–H and O–H groups in total. The monoisotopic (exact) mass is 309 g/mol. The lowest BCUT2D eigenvalue weighted by atomic mass is 9.92. The van der Waals surface area contributed by atoms with Crippen molar-refractivity contribution in [2.75, 3.05) is 11.9 Å². The van der Waals surface area contributed by atoms with Gasteiger partial charge in [0, 0.05) is 17.8 Å². The van der Waals surface area contributed by atoms with E-state index in [1.54, 1.807) is 0 Å². The van der Waals surface area contributed by atoms with E-state index in [2.05, 4.69) is 51.2 Å². The number of aliphatic hydroxyl groups is 1. The summed E-state index contributed by atoms with van der Waals surface area (Å²) in [7, 11) is 0. The van der Waals surface area contributed by atoms with Gasteiger partial charge in [-0.1, -0.05) is 76.2 Å². The van der Waals surface area contributed by atoms with E-state index in [0.717, 1.165) is 5.56 Å². The van der Waals surface area contributed by atoms with Crippen LogP contribution in [0.4, 0.5) is 5.69 Å². The van der Waals surface area contributed by atoms with Crippen molar-refractivity contribution < 1.29 is 5.11 Å². The zero-order valence-corrected chi connectivity index (χ0v) is 14.5. The van der Waals surface area contributed by atoms with Crippen molar-refractivity contribution in [2.45, 2.75) is 39.5 Å². The molecule has 0 aliphatic rings. The molecule has 0 aliphatic carbocycles. The third-order valence-electron chi connectivity index (χ3n) is 4.02. The van der Waals surface area contributed by atoms with Crippen molar-refractivity contribution >= 4 is 11.4 Å². The molecular formula is C21H27NO. The molecule has 0 saturated carbocycles. The summed E-state index contributed by atoms with van der Waals surface area (Å²) in [6.45, 7) is 9.44. The van der Waals surface area contributed by atoms with E-state index in [0.29, 0.717) is 24.1 Å². The van der Waals surface area contributed by atoms with E-state index in [9.17, 15) is 5.11 Å². The molecule has 0 fully saturated rings. The molecule has 2 heteroatoms. The highest BCUT2D eigenvalue weighted by Crippen LogP contribution is 2.32. The van der Waals surface area contributed by atoms with Gasteiger partial charge in [0.1, 0.15) is 5.76 Å². The predicted octanol–water partition coefficient (Wildman–Crippen LogP) is 5.94. The van der Waals surface area contributed by atoms with Gasteiger partial charge in [0.25, 0.3) is 0 Å². The summed E-state index contributed by atoms with van der Waals surface area (Å²) in [5.41, 5.74) is 4.69. The van der Waals surface area contributed by atoms with Crippen molar-refractivity contribution in [3.05, 3.63) is 71.3 Å². The van der Waals surface area contributed by atoms with Gasteiger partial charge in [-0.15, -0.1) is 0 Å². The van der Waals surface area contributed by atoms with E-state index in [1.807, 2.05) is 36.4 Å². The Bertz CT molecular complexity index is 631. The zero-order chi connectivity index (χ0) is 16.8. The Morgan fingerprint density at radius 1 is 0.913 bits per heavy atom. The summed E-state index contributed by atoms with van der Waals surface area (Å²) >= 11 is 0. The lowest BCUT2D eigenvalue weighted by molar-refractivity contribution is 0.510. The van der Waals surface area contributed by atoms with Crippen LogP contribution in [0, 0.1) is 0 Å². The molecule has 0 bridgehead atoms. The molecule has 2 rings (SSSR count). The molecule has 0 aliphatic heterocycles. The SMILES string of the molecule is CC(C)c1cccc(C(C)C)c1NC/C=C(\O)c1ccccc1. The Morgan fingerprint density at radius 2 is 1.48 bits per heavy atom. The number of anilines is 1. The van der Waals surface area contributed by atoms with Gasteiger partial charge in [0.2, 0.25) is 0 Å². The fourth-order valence-electron chi connectivity index (χ4n) is 2.73. The smallest absolute Gasteiger partial charge is 0.120 e. The van der Waals surface area contributed by atoms with Gasteiger partial charge in [-0.05, 0) is 29.0 Å². The molecule has 0 saturated heterocycles. The molecule has 0 spiro atoms. The molecule has 0 heterocycles. The first-order valence-corrected chi connectivity index (χ1v) is 8.32. The number of nitrogens with one attached hydrogen (secondary N) is 1.